The minimum atomic E-state index is -4.47. The summed E-state index contributed by atoms with van der Waals surface area (Å²) in [5.74, 6) is 0. The molecule has 1 aromatic carbocycles. The summed E-state index contributed by atoms with van der Waals surface area (Å²) >= 11 is 0. The van der Waals surface area contributed by atoms with Crippen molar-refractivity contribution in [3.63, 3.8) is 0 Å². The first-order valence-electron chi connectivity index (χ1n) is 3.46. The van der Waals surface area contributed by atoms with Crippen LogP contribution >= 0.6 is 0 Å². The van der Waals surface area contributed by atoms with E-state index in [2.05, 4.69) is 0 Å². The second kappa shape index (κ2) is 3.40. The van der Waals surface area contributed by atoms with Gasteiger partial charge in [-0.3, -0.25) is 0 Å². The lowest BCUT2D eigenvalue weighted by Crippen LogP contribution is -2.12. The van der Waals surface area contributed by atoms with Gasteiger partial charge < -0.3 is 0 Å². The summed E-state index contributed by atoms with van der Waals surface area (Å²) < 4.78 is 48.4. The number of hydrogen-bond acceptors (Lipinski definition) is 0. The maximum absolute atomic E-state index is 12.1. The molecule has 0 fully saturated rings. The lowest BCUT2D eigenvalue weighted by Gasteiger charge is -2.08. The zero-order valence-corrected chi connectivity index (χ0v) is 6.53. The Balaban J connectivity index is 3.16. The van der Waals surface area contributed by atoms with Crippen LogP contribution in [0.4, 0.5) is 17.6 Å². The van der Waals surface area contributed by atoms with Crippen molar-refractivity contribution in [1.29, 1.82) is 0 Å². The molecule has 0 heterocycles. The van der Waals surface area contributed by atoms with Crippen molar-refractivity contribution < 1.29 is 17.6 Å². The van der Waals surface area contributed by atoms with Crippen molar-refractivity contribution in [2.75, 3.05) is 0 Å². The Hall–Kier alpha value is -0.995. The van der Waals surface area contributed by atoms with Crippen LogP contribution in [0.2, 0.25) is 0 Å². The van der Waals surface area contributed by atoms with Crippen LogP contribution in [0.3, 0.4) is 0 Å². The molecule has 0 aromatic heterocycles. The van der Waals surface area contributed by atoms with Crippen LogP contribution in [-0.2, 0) is 12.9 Å². The highest BCUT2D eigenvalue weighted by molar-refractivity contribution is 6.32. The topological polar surface area (TPSA) is 0 Å². The largest absolute Gasteiger partial charge is 0.416 e. The summed E-state index contributed by atoms with van der Waals surface area (Å²) in [5.41, 5.74) is -1.06. The van der Waals surface area contributed by atoms with Gasteiger partial charge in [0.15, 0.2) is 0 Å². The molecule has 1 rings (SSSR count). The molecule has 0 unspecified atom stereocenters. The van der Waals surface area contributed by atoms with Gasteiger partial charge >= 0.3 is 6.18 Å². The predicted octanol–water partition coefficient (Wildman–Crippen LogP) is 1.97. The number of benzene rings is 1. The summed E-state index contributed by atoms with van der Waals surface area (Å²) in [6.45, 7) is -0.950. The Bertz CT molecular complexity index is 306. The van der Waals surface area contributed by atoms with Gasteiger partial charge in [0, 0.05) is 0 Å². The van der Waals surface area contributed by atoms with Crippen LogP contribution < -0.4 is 5.46 Å². The summed E-state index contributed by atoms with van der Waals surface area (Å²) in [6, 6.07) is 2.70. The van der Waals surface area contributed by atoms with Crippen molar-refractivity contribution in [2.24, 2.45) is 0 Å². The van der Waals surface area contributed by atoms with Crippen LogP contribution in [0.15, 0.2) is 18.2 Å². The fraction of sp³-hybridized carbons (Fsp3) is 0.250. The third kappa shape index (κ3) is 2.47. The fourth-order valence-electron chi connectivity index (χ4n) is 0.959. The van der Waals surface area contributed by atoms with Crippen molar-refractivity contribution in [1.82, 2.24) is 0 Å². The molecule has 2 radical (unpaired) electrons. The minimum Gasteiger partial charge on any atom is -0.246 e. The van der Waals surface area contributed by atoms with Gasteiger partial charge in [-0.2, -0.15) is 13.2 Å². The molecule has 0 saturated carbocycles. The normalized spacial score (nSPS) is 11.7. The van der Waals surface area contributed by atoms with E-state index in [0.717, 1.165) is 12.1 Å². The maximum atomic E-state index is 12.1. The standard InChI is InChI=1S/C8H5BF4/c9-7-2-5(4-10)1-6(3-7)8(11,12)13/h1-3H,4H2. The molecule has 5 heteroatoms. The molecule has 68 valence electrons. The second-order valence-electron chi connectivity index (χ2n) is 2.59. The van der Waals surface area contributed by atoms with E-state index < -0.39 is 18.4 Å². The quantitative estimate of drug-likeness (QED) is 0.466. The highest BCUT2D eigenvalue weighted by atomic mass is 19.4. The predicted molar refractivity (Wildman–Crippen MR) is 41.6 cm³/mol. The Morgan fingerprint density at radius 1 is 1.15 bits per heavy atom. The van der Waals surface area contributed by atoms with Crippen molar-refractivity contribution in [3.05, 3.63) is 29.3 Å². The molecule has 0 nitrogen and oxygen atoms in total. The molecule has 13 heavy (non-hydrogen) atoms. The van der Waals surface area contributed by atoms with E-state index >= 15 is 0 Å². The van der Waals surface area contributed by atoms with E-state index in [0.29, 0.717) is 0 Å². The maximum Gasteiger partial charge on any atom is 0.416 e. The summed E-state index contributed by atoms with van der Waals surface area (Å²) in [5, 5.41) is 0. The SMILES string of the molecule is [B]c1cc(CF)cc(C(F)(F)F)c1. The molecule has 0 amide bonds. The molecular formula is C8H5BF4. The Morgan fingerprint density at radius 3 is 2.23 bits per heavy atom. The smallest absolute Gasteiger partial charge is 0.246 e. The van der Waals surface area contributed by atoms with E-state index in [1.165, 1.54) is 6.07 Å². The zero-order chi connectivity index (χ0) is 10.1. The first kappa shape index (κ1) is 10.1. The highest BCUT2D eigenvalue weighted by Gasteiger charge is 2.30. The van der Waals surface area contributed by atoms with Crippen LogP contribution in [0.25, 0.3) is 0 Å². The van der Waals surface area contributed by atoms with Gasteiger partial charge in [0.2, 0.25) is 0 Å². The molecule has 0 N–H and O–H groups in total. The molecule has 0 atom stereocenters. The molecule has 0 bridgehead atoms. The number of hydrogen-bond donors (Lipinski definition) is 0. The Labute approximate surface area is 74.0 Å². The highest BCUT2D eigenvalue weighted by Crippen LogP contribution is 2.29. The van der Waals surface area contributed by atoms with Crippen molar-refractivity contribution >= 4 is 13.3 Å². The van der Waals surface area contributed by atoms with E-state index in [1.54, 1.807) is 0 Å². The molecule has 0 aliphatic rings. The minimum absolute atomic E-state index is 0.0627. The average Bonchev–Trinajstić information content (AvgIpc) is 2.01. The van der Waals surface area contributed by atoms with Gasteiger partial charge in [-0.05, 0) is 11.6 Å². The van der Waals surface area contributed by atoms with Crippen LogP contribution in [0, 0.1) is 0 Å². The molecule has 1 aromatic rings. The monoisotopic (exact) mass is 188 g/mol. The molecule has 0 aliphatic heterocycles. The van der Waals surface area contributed by atoms with Gasteiger partial charge in [-0.15, -0.1) is 0 Å². The summed E-state index contributed by atoms with van der Waals surface area (Å²) in [7, 11) is 5.16. The Kier molecular flexibility index (Phi) is 2.64. The van der Waals surface area contributed by atoms with Gasteiger partial charge in [-0.25, -0.2) is 4.39 Å². The van der Waals surface area contributed by atoms with E-state index in [1.807, 2.05) is 0 Å². The fourth-order valence-corrected chi connectivity index (χ4v) is 0.959. The van der Waals surface area contributed by atoms with Crippen LogP contribution in [-0.4, -0.2) is 7.85 Å². The lowest BCUT2D eigenvalue weighted by atomic mass is 9.92. The van der Waals surface area contributed by atoms with Crippen molar-refractivity contribution in [3.8, 4) is 0 Å². The third-order valence-corrected chi connectivity index (χ3v) is 1.50. The number of rotatable bonds is 1. The average molecular weight is 188 g/mol. The van der Waals surface area contributed by atoms with Gasteiger partial charge in [0.05, 0.1) is 5.56 Å². The third-order valence-electron chi connectivity index (χ3n) is 1.50. The Morgan fingerprint density at radius 2 is 1.77 bits per heavy atom. The van der Waals surface area contributed by atoms with E-state index in [9.17, 15) is 17.6 Å². The summed E-state index contributed by atoms with van der Waals surface area (Å²) in [4.78, 5) is 0. The van der Waals surface area contributed by atoms with Crippen LogP contribution in [0.1, 0.15) is 11.1 Å². The second-order valence-corrected chi connectivity index (χ2v) is 2.59. The van der Waals surface area contributed by atoms with E-state index in [-0.39, 0.29) is 11.0 Å². The molecule has 0 saturated heterocycles. The van der Waals surface area contributed by atoms with Crippen LogP contribution in [0.5, 0.6) is 0 Å². The molecule has 0 aliphatic carbocycles. The number of alkyl halides is 4. The van der Waals surface area contributed by atoms with Gasteiger partial charge in [-0.1, -0.05) is 17.6 Å². The first-order chi connectivity index (χ1) is 5.93. The molecule has 0 spiro atoms. The van der Waals surface area contributed by atoms with E-state index in [4.69, 9.17) is 7.85 Å². The number of halogens is 4. The van der Waals surface area contributed by atoms with Gasteiger partial charge in [0.25, 0.3) is 0 Å². The van der Waals surface area contributed by atoms with Gasteiger partial charge in [0.1, 0.15) is 14.5 Å². The zero-order valence-electron chi connectivity index (χ0n) is 6.53. The summed E-state index contributed by atoms with van der Waals surface area (Å²) in [6.07, 6.45) is -4.47. The van der Waals surface area contributed by atoms with Crippen molar-refractivity contribution in [2.45, 2.75) is 12.9 Å². The lowest BCUT2D eigenvalue weighted by molar-refractivity contribution is -0.137. The molecular weight excluding hydrogens is 183 g/mol. The first-order valence-corrected chi connectivity index (χ1v) is 3.46.